The molecule has 4 atom stereocenters. The number of sulfone groups is 1. The maximum atomic E-state index is 12.2. The number of ether oxygens (including phenoxy) is 1. The van der Waals surface area contributed by atoms with Crippen molar-refractivity contribution in [2.45, 2.75) is 49.4 Å². The van der Waals surface area contributed by atoms with Crippen LogP contribution in [0.15, 0.2) is 53.7 Å². The standard InChI is InChI=1S/C24H32N2O7S/c1-23(28,15-32-3)19-11-9-17(10-12-19)16-5-7-18(8-6-16)21-13-20(33-26-21)14-24(2,22(27)25-29)34(4,30)31/h5-12,20,22,25,27-29H,13-15H2,1-4H3/t20-,22?,23?,24-/m1/s1. The van der Waals surface area contributed by atoms with E-state index in [1.165, 1.54) is 6.92 Å². The molecule has 2 unspecified atom stereocenters. The molecule has 0 aliphatic carbocycles. The van der Waals surface area contributed by atoms with E-state index in [4.69, 9.17) is 14.8 Å². The van der Waals surface area contributed by atoms with Crippen LogP contribution in [0.1, 0.15) is 37.8 Å². The number of rotatable bonds is 10. The molecule has 4 N–H and O–H groups in total. The highest BCUT2D eigenvalue weighted by molar-refractivity contribution is 7.92. The summed E-state index contributed by atoms with van der Waals surface area (Å²) in [5.41, 5.74) is 4.82. The lowest BCUT2D eigenvalue weighted by Crippen LogP contribution is -2.54. The van der Waals surface area contributed by atoms with Gasteiger partial charge in [0, 0.05) is 26.2 Å². The Hall–Kier alpha value is -2.34. The van der Waals surface area contributed by atoms with Crippen LogP contribution < -0.4 is 5.48 Å². The van der Waals surface area contributed by atoms with Crippen molar-refractivity contribution < 1.29 is 33.4 Å². The lowest BCUT2D eigenvalue weighted by atomic mass is 9.93. The minimum absolute atomic E-state index is 0.0508. The van der Waals surface area contributed by atoms with Crippen molar-refractivity contribution in [1.82, 2.24) is 5.48 Å². The second-order valence-corrected chi connectivity index (χ2v) is 11.6. The molecular weight excluding hydrogens is 460 g/mol. The number of methoxy groups -OCH3 is 1. The van der Waals surface area contributed by atoms with Gasteiger partial charge in [-0.1, -0.05) is 53.7 Å². The largest absolute Gasteiger partial charge is 0.392 e. The van der Waals surface area contributed by atoms with Crippen molar-refractivity contribution in [1.29, 1.82) is 0 Å². The number of oxime groups is 1. The van der Waals surface area contributed by atoms with E-state index >= 15 is 0 Å². The molecule has 186 valence electrons. The van der Waals surface area contributed by atoms with Crippen molar-refractivity contribution in [3.63, 3.8) is 0 Å². The molecule has 0 amide bonds. The second kappa shape index (κ2) is 10.1. The minimum atomic E-state index is -3.72. The molecule has 1 heterocycles. The maximum Gasteiger partial charge on any atom is 0.156 e. The zero-order valence-electron chi connectivity index (χ0n) is 19.7. The Morgan fingerprint density at radius 2 is 1.65 bits per heavy atom. The van der Waals surface area contributed by atoms with E-state index in [-0.39, 0.29) is 13.0 Å². The second-order valence-electron chi connectivity index (χ2n) is 9.15. The molecule has 2 aromatic rings. The van der Waals surface area contributed by atoms with Crippen molar-refractivity contribution >= 4 is 15.5 Å². The molecule has 1 aliphatic heterocycles. The topological polar surface area (TPSA) is 138 Å². The predicted octanol–water partition coefficient (Wildman–Crippen LogP) is 2.19. The highest BCUT2D eigenvalue weighted by Crippen LogP contribution is 2.32. The van der Waals surface area contributed by atoms with E-state index in [9.17, 15) is 18.6 Å². The molecule has 0 bridgehead atoms. The van der Waals surface area contributed by atoms with Crippen molar-refractivity contribution in [3.8, 4) is 11.1 Å². The van der Waals surface area contributed by atoms with E-state index < -0.39 is 32.5 Å². The fraction of sp³-hybridized carbons (Fsp3) is 0.458. The first-order valence-corrected chi connectivity index (χ1v) is 12.7. The number of nitrogens with one attached hydrogen (secondary N) is 1. The van der Waals surface area contributed by atoms with Crippen LogP contribution in [-0.2, 0) is 25.0 Å². The van der Waals surface area contributed by atoms with Crippen LogP contribution in [0, 0.1) is 0 Å². The van der Waals surface area contributed by atoms with Crippen LogP contribution in [0.3, 0.4) is 0 Å². The van der Waals surface area contributed by atoms with Crippen LogP contribution in [-0.4, -0.2) is 66.6 Å². The molecule has 0 saturated carbocycles. The molecule has 10 heteroatoms. The quantitative estimate of drug-likeness (QED) is 0.293. The zero-order chi connectivity index (χ0) is 25.1. The summed E-state index contributed by atoms with van der Waals surface area (Å²) in [7, 11) is -2.18. The molecule has 1 aliphatic rings. The van der Waals surface area contributed by atoms with Crippen LogP contribution >= 0.6 is 0 Å². The SMILES string of the molecule is COCC(C)(O)c1ccc(-c2ccc(C3=NO[C@@H](C[C@](C)(C(O)NO)S(C)(=O)=O)C3)cc2)cc1. The Labute approximate surface area is 199 Å². The number of aliphatic hydroxyl groups excluding tert-OH is 1. The van der Waals surface area contributed by atoms with Gasteiger partial charge in [-0.25, -0.2) is 8.42 Å². The summed E-state index contributed by atoms with van der Waals surface area (Å²) in [6, 6.07) is 15.3. The summed E-state index contributed by atoms with van der Waals surface area (Å²) in [6.45, 7) is 3.26. The number of nitrogens with zero attached hydrogens (tertiary/aromatic N) is 1. The number of benzene rings is 2. The molecule has 2 aromatic carbocycles. The first kappa shape index (κ1) is 26.3. The molecule has 0 radical (unpaired) electrons. The fourth-order valence-electron chi connectivity index (χ4n) is 4.00. The van der Waals surface area contributed by atoms with Crippen LogP contribution in [0.4, 0.5) is 0 Å². The van der Waals surface area contributed by atoms with Gasteiger partial charge in [0.05, 0.1) is 12.3 Å². The number of aliphatic hydroxyl groups is 2. The van der Waals surface area contributed by atoms with E-state index in [2.05, 4.69) is 5.16 Å². The number of hydroxylamine groups is 1. The summed E-state index contributed by atoms with van der Waals surface area (Å²) in [4.78, 5) is 5.45. The third-order valence-corrected chi connectivity index (χ3v) is 8.48. The Morgan fingerprint density at radius 1 is 1.12 bits per heavy atom. The van der Waals surface area contributed by atoms with Gasteiger partial charge in [-0.15, -0.1) is 0 Å². The van der Waals surface area contributed by atoms with Crippen molar-refractivity contribution in [2.75, 3.05) is 20.0 Å². The minimum Gasteiger partial charge on any atom is -0.392 e. The molecule has 0 spiro atoms. The predicted molar refractivity (Wildman–Crippen MR) is 128 cm³/mol. The van der Waals surface area contributed by atoms with Crippen LogP contribution in [0.25, 0.3) is 11.1 Å². The fourth-order valence-corrected chi connectivity index (χ4v) is 4.95. The number of hydrogen-bond donors (Lipinski definition) is 4. The highest BCUT2D eigenvalue weighted by atomic mass is 32.2. The van der Waals surface area contributed by atoms with Gasteiger partial charge in [0.1, 0.15) is 22.7 Å². The van der Waals surface area contributed by atoms with E-state index in [0.717, 1.165) is 28.5 Å². The summed E-state index contributed by atoms with van der Waals surface area (Å²) >= 11 is 0. The summed E-state index contributed by atoms with van der Waals surface area (Å²) < 4.78 is 27.9. The first-order chi connectivity index (χ1) is 15.9. The van der Waals surface area contributed by atoms with E-state index in [0.29, 0.717) is 12.1 Å². The zero-order valence-corrected chi connectivity index (χ0v) is 20.5. The average Bonchev–Trinajstić information content (AvgIpc) is 3.26. The lowest BCUT2D eigenvalue weighted by Gasteiger charge is -2.32. The summed E-state index contributed by atoms with van der Waals surface area (Å²) in [5.74, 6) is 0. The van der Waals surface area contributed by atoms with E-state index in [1.54, 1.807) is 19.5 Å². The Balaban J connectivity index is 1.69. The third kappa shape index (κ3) is 5.48. The van der Waals surface area contributed by atoms with Gasteiger partial charge >= 0.3 is 0 Å². The molecule has 3 rings (SSSR count). The molecule has 0 saturated heterocycles. The van der Waals surface area contributed by atoms with Gasteiger partial charge in [0.25, 0.3) is 0 Å². The van der Waals surface area contributed by atoms with Gasteiger partial charge in [-0.3, -0.25) is 0 Å². The maximum absolute atomic E-state index is 12.2. The monoisotopic (exact) mass is 492 g/mol. The Kier molecular flexibility index (Phi) is 7.81. The average molecular weight is 493 g/mol. The molecule has 9 nitrogen and oxygen atoms in total. The van der Waals surface area contributed by atoms with Gasteiger partial charge < -0.3 is 25.0 Å². The Bertz CT molecular complexity index is 1120. The van der Waals surface area contributed by atoms with Gasteiger partial charge in [-0.05, 0) is 36.1 Å². The van der Waals surface area contributed by atoms with Gasteiger partial charge in [-0.2, -0.15) is 5.48 Å². The molecule has 0 fully saturated rings. The van der Waals surface area contributed by atoms with Gasteiger partial charge in [0.2, 0.25) is 0 Å². The van der Waals surface area contributed by atoms with Crippen molar-refractivity contribution in [3.05, 3.63) is 59.7 Å². The van der Waals surface area contributed by atoms with Gasteiger partial charge in [0.15, 0.2) is 9.84 Å². The van der Waals surface area contributed by atoms with Crippen molar-refractivity contribution in [2.24, 2.45) is 5.16 Å². The third-order valence-electron chi connectivity index (χ3n) is 6.40. The van der Waals surface area contributed by atoms with Crippen LogP contribution in [0.2, 0.25) is 0 Å². The Morgan fingerprint density at radius 3 is 2.15 bits per heavy atom. The summed E-state index contributed by atoms with van der Waals surface area (Å²) in [5, 5.41) is 33.7. The molecule has 0 aromatic heterocycles. The highest BCUT2D eigenvalue weighted by Gasteiger charge is 2.46. The normalized spacial score (nSPS) is 20.7. The van der Waals surface area contributed by atoms with Crippen LogP contribution in [0.5, 0.6) is 0 Å². The first-order valence-electron chi connectivity index (χ1n) is 10.8. The lowest BCUT2D eigenvalue weighted by molar-refractivity contribution is -0.0355. The smallest absolute Gasteiger partial charge is 0.156 e. The molecule has 34 heavy (non-hydrogen) atoms. The summed E-state index contributed by atoms with van der Waals surface area (Å²) in [6.07, 6.45) is -0.908. The molecular formula is C24H32N2O7S. The number of hydrogen-bond acceptors (Lipinski definition) is 9. The van der Waals surface area contributed by atoms with E-state index in [1.807, 2.05) is 48.5 Å².